The first-order chi connectivity index (χ1) is 20.3. The van der Waals surface area contributed by atoms with Crippen LogP contribution in [0.1, 0.15) is 70.6 Å². The van der Waals surface area contributed by atoms with E-state index in [1.165, 1.54) is 33.2 Å². The first kappa shape index (κ1) is 33.1. The largest absolute Gasteiger partial charge is 0.377 e. The predicted octanol–water partition coefficient (Wildman–Crippen LogP) is 4.89. The number of benzene rings is 2. The van der Waals surface area contributed by atoms with Gasteiger partial charge in [0.1, 0.15) is 6.54 Å². The number of carbonyl (C=O) groups is 2. The molecule has 1 aromatic heterocycles. The molecule has 2 aromatic carbocycles. The number of aryl methyl sites for hydroxylation is 1. The summed E-state index contributed by atoms with van der Waals surface area (Å²) in [5, 5.41) is 8.53. The Labute approximate surface area is 252 Å². The van der Waals surface area contributed by atoms with E-state index in [9.17, 15) is 9.59 Å². The molecule has 0 unspecified atom stereocenters. The summed E-state index contributed by atoms with van der Waals surface area (Å²) in [7, 11) is 8.32. The highest BCUT2D eigenvalue weighted by atomic mass is 16.2. The molecular formula is C34H53N6O2+. The maximum Gasteiger partial charge on any atom is 0.219 e. The molecule has 8 nitrogen and oxygen atoms in total. The first-order valence-electron chi connectivity index (χ1n) is 15.8. The molecule has 4 N–H and O–H groups in total. The Morgan fingerprint density at radius 2 is 1.12 bits per heavy atom. The van der Waals surface area contributed by atoms with Crippen molar-refractivity contribution in [3.63, 3.8) is 0 Å². The van der Waals surface area contributed by atoms with Gasteiger partial charge in [-0.2, -0.15) is 4.57 Å². The summed E-state index contributed by atoms with van der Waals surface area (Å²) in [4.78, 5) is 28.5. The molecule has 1 heterocycles. The summed E-state index contributed by atoms with van der Waals surface area (Å²) in [6.45, 7) is 3.01. The van der Waals surface area contributed by atoms with E-state index in [1.54, 1.807) is 0 Å². The van der Waals surface area contributed by atoms with E-state index >= 15 is 0 Å². The van der Waals surface area contributed by atoms with Crippen molar-refractivity contribution in [2.45, 2.75) is 77.2 Å². The van der Waals surface area contributed by atoms with Crippen molar-refractivity contribution >= 4 is 45.0 Å². The number of nitrogens with one attached hydrogen (secondary N) is 2. The van der Waals surface area contributed by atoms with Crippen LogP contribution in [0.3, 0.4) is 0 Å². The third-order valence-corrected chi connectivity index (χ3v) is 7.84. The zero-order valence-electron chi connectivity index (χ0n) is 26.4. The van der Waals surface area contributed by atoms with Crippen LogP contribution in [0, 0.1) is 0 Å². The van der Waals surface area contributed by atoms with Crippen LogP contribution in [0.15, 0.2) is 42.5 Å². The minimum Gasteiger partial charge on any atom is -0.377 e. The Bertz CT molecular complexity index is 1220. The zero-order chi connectivity index (χ0) is 30.3. The number of hydrogen-bond acceptors (Lipinski definition) is 5. The van der Waals surface area contributed by atoms with Crippen molar-refractivity contribution in [3.05, 3.63) is 42.5 Å². The summed E-state index contributed by atoms with van der Waals surface area (Å²) >= 11 is 0. The Hall–Kier alpha value is -3.39. The maximum atomic E-state index is 12.4. The average Bonchev–Trinajstić information content (AvgIpc) is 2.97. The van der Waals surface area contributed by atoms with E-state index < -0.39 is 0 Å². The lowest BCUT2D eigenvalue weighted by Gasteiger charge is -2.15. The van der Waals surface area contributed by atoms with Gasteiger partial charge in [-0.1, -0.05) is 6.42 Å². The molecule has 0 saturated carbocycles. The van der Waals surface area contributed by atoms with Gasteiger partial charge in [0.15, 0.2) is 0 Å². The third kappa shape index (κ3) is 10.5. The van der Waals surface area contributed by atoms with E-state index in [1.807, 2.05) is 0 Å². The summed E-state index contributed by atoms with van der Waals surface area (Å²) in [5.41, 5.74) is 10.3. The molecule has 0 aliphatic heterocycles. The Morgan fingerprint density at radius 3 is 1.60 bits per heavy atom. The van der Waals surface area contributed by atoms with Crippen molar-refractivity contribution in [2.75, 3.05) is 57.6 Å². The molecule has 2 amide bonds. The number of rotatable bonds is 19. The first-order valence-corrected chi connectivity index (χ1v) is 15.8. The van der Waals surface area contributed by atoms with Gasteiger partial charge in [0, 0.05) is 94.8 Å². The van der Waals surface area contributed by atoms with E-state index in [-0.39, 0.29) is 11.8 Å². The number of fused-ring (bicyclic) bond motifs is 2. The van der Waals surface area contributed by atoms with Crippen LogP contribution in [0.25, 0.3) is 21.8 Å². The van der Waals surface area contributed by atoms with Gasteiger partial charge in [-0.05, 0) is 81.8 Å². The molecule has 0 spiro atoms. The van der Waals surface area contributed by atoms with E-state index in [0.29, 0.717) is 32.5 Å². The highest BCUT2D eigenvalue weighted by Gasteiger charge is 2.17. The topological polar surface area (TPSA) is 94.6 Å². The molecule has 0 atom stereocenters. The fourth-order valence-corrected chi connectivity index (χ4v) is 5.27. The quantitative estimate of drug-likeness (QED) is 0.107. The molecule has 0 fully saturated rings. The minimum absolute atomic E-state index is 0.129. The lowest BCUT2D eigenvalue weighted by molar-refractivity contribution is -0.645. The van der Waals surface area contributed by atoms with Crippen molar-refractivity contribution in [1.82, 2.24) is 10.6 Å². The molecule has 0 saturated heterocycles. The van der Waals surface area contributed by atoms with Gasteiger partial charge in [0.05, 0.1) is 0 Å². The van der Waals surface area contributed by atoms with Crippen molar-refractivity contribution in [1.29, 1.82) is 0 Å². The van der Waals surface area contributed by atoms with Gasteiger partial charge < -0.3 is 26.2 Å². The molecule has 0 radical (unpaired) electrons. The molecular weight excluding hydrogens is 524 g/mol. The number of carbonyl (C=O) groups excluding carboxylic acids is 2. The van der Waals surface area contributed by atoms with Crippen molar-refractivity contribution in [2.24, 2.45) is 5.73 Å². The van der Waals surface area contributed by atoms with Crippen LogP contribution in [-0.4, -0.2) is 59.6 Å². The molecule has 42 heavy (non-hydrogen) atoms. The van der Waals surface area contributed by atoms with Crippen LogP contribution < -0.4 is 30.7 Å². The second kappa shape index (κ2) is 17.5. The fraction of sp³-hybridized carbons (Fsp3) is 0.559. The predicted molar refractivity (Wildman–Crippen MR) is 176 cm³/mol. The Kier molecular flexibility index (Phi) is 13.8. The lowest BCUT2D eigenvalue weighted by atomic mass is 10.1. The number of amides is 2. The third-order valence-electron chi connectivity index (χ3n) is 7.84. The van der Waals surface area contributed by atoms with E-state index in [4.69, 9.17) is 5.73 Å². The SMILES string of the molecule is CN(C)c1ccc2cc3ccc(N(C)C)cc3[n+](CCCCCC(=O)NCCCCCNC(=O)CCCCCN)c2c1. The second-order valence-corrected chi connectivity index (χ2v) is 11.7. The molecule has 3 aromatic rings. The van der Waals surface area contributed by atoms with Crippen LogP contribution in [-0.2, 0) is 16.1 Å². The summed E-state index contributed by atoms with van der Waals surface area (Å²) in [6.07, 6.45) is 9.84. The van der Waals surface area contributed by atoms with E-state index in [0.717, 1.165) is 64.3 Å². The fourth-order valence-electron chi connectivity index (χ4n) is 5.27. The zero-order valence-corrected chi connectivity index (χ0v) is 26.4. The van der Waals surface area contributed by atoms with Crippen LogP contribution in [0.4, 0.5) is 11.4 Å². The minimum atomic E-state index is 0.129. The van der Waals surface area contributed by atoms with Gasteiger partial charge >= 0.3 is 0 Å². The monoisotopic (exact) mass is 577 g/mol. The number of nitrogens with zero attached hydrogens (tertiary/aromatic N) is 3. The highest BCUT2D eigenvalue weighted by Crippen LogP contribution is 2.25. The number of unbranched alkanes of at least 4 members (excludes halogenated alkanes) is 6. The van der Waals surface area contributed by atoms with Crippen molar-refractivity contribution < 1.29 is 14.2 Å². The Morgan fingerprint density at radius 1 is 0.643 bits per heavy atom. The number of nitrogens with two attached hydrogens (primary N) is 1. The van der Waals surface area contributed by atoms with Gasteiger partial charge in [0.25, 0.3) is 0 Å². The summed E-state index contributed by atoms with van der Waals surface area (Å²) < 4.78 is 2.45. The van der Waals surface area contributed by atoms with Crippen LogP contribution in [0.2, 0.25) is 0 Å². The standard InChI is InChI=1S/C34H52N6O2/c1-38(2)29-18-16-27-24-28-17-19-30(39(3)4)26-32(28)40(31(27)25-29)23-13-6-9-15-34(42)37-22-12-7-11-21-36-33(41)14-8-5-10-20-35/h16-19,24-26H,5-15,20-23,35H2,1-4H3,(H-,36,37,41,42)/p+1. The molecule has 3 rings (SSSR count). The smallest absolute Gasteiger partial charge is 0.219 e. The lowest BCUT2D eigenvalue weighted by Crippen LogP contribution is -2.36. The molecule has 230 valence electrons. The average molecular weight is 578 g/mol. The number of anilines is 2. The van der Waals surface area contributed by atoms with Crippen LogP contribution >= 0.6 is 0 Å². The number of aromatic nitrogens is 1. The number of hydrogen-bond donors (Lipinski definition) is 3. The molecule has 8 heteroatoms. The number of pyridine rings is 1. The van der Waals surface area contributed by atoms with Crippen LogP contribution in [0.5, 0.6) is 0 Å². The van der Waals surface area contributed by atoms with Gasteiger partial charge in [-0.3, -0.25) is 9.59 Å². The van der Waals surface area contributed by atoms with E-state index in [2.05, 4.69) is 95.7 Å². The maximum absolute atomic E-state index is 12.4. The normalized spacial score (nSPS) is 11.2. The summed E-state index contributed by atoms with van der Waals surface area (Å²) in [5.74, 6) is 0.263. The molecule has 0 bridgehead atoms. The highest BCUT2D eigenvalue weighted by molar-refractivity contribution is 5.91. The van der Waals surface area contributed by atoms with Crippen molar-refractivity contribution in [3.8, 4) is 0 Å². The van der Waals surface area contributed by atoms with Gasteiger partial charge in [-0.15, -0.1) is 0 Å². The summed E-state index contributed by atoms with van der Waals surface area (Å²) in [6, 6.07) is 15.6. The second-order valence-electron chi connectivity index (χ2n) is 11.7. The Balaban J connectivity index is 1.41. The molecule has 0 aliphatic rings. The molecule has 0 aliphatic carbocycles. The van der Waals surface area contributed by atoms with Gasteiger partial charge in [0.2, 0.25) is 22.8 Å². The van der Waals surface area contributed by atoms with Gasteiger partial charge in [-0.25, -0.2) is 0 Å².